The maximum Gasteiger partial charge on any atom is 0.270 e. The molecule has 0 saturated carbocycles. The Morgan fingerprint density at radius 2 is 2.32 bits per heavy atom. The van der Waals surface area contributed by atoms with Crippen LogP contribution in [-0.2, 0) is 6.54 Å². The molecular formula is C13H17ClN2O3. The fraction of sp³-hybridized carbons (Fsp3) is 0.538. The van der Waals surface area contributed by atoms with Crippen molar-refractivity contribution in [2.75, 3.05) is 13.1 Å². The first-order chi connectivity index (χ1) is 8.97. The molecule has 0 aromatic heterocycles. The summed E-state index contributed by atoms with van der Waals surface area (Å²) in [7, 11) is 0. The van der Waals surface area contributed by atoms with Crippen LogP contribution in [0.4, 0.5) is 5.69 Å². The Kier molecular flexibility index (Phi) is 4.39. The van der Waals surface area contributed by atoms with E-state index in [2.05, 4.69) is 4.90 Å². The van der Waals surface area contributed by atoms with Gasteiger partial charge in [0.2, 0.25) is 0 Å². The number of nitrogens with zero attached hydrogens (tertiary/aromatic N) is 2. The largest absolute Gasteiger partial charge is 0.392 e. The van der Waals surface area contributed by atoms with Crippen LogP contribution in [0.1, 0.15) is 18.9 Å². The number of rotatable bonds is 3. The summed E-state index contributed by atoms with van der Waals surface area (Å²) in [5.41, 5.74) is 0.857. The number of aliphatic hydroxyl groups is 1. The molecule has 0 radical (unpaired) electrons. The molecule has 1 aromatic carbocycles. The summed E-state index contributed by atoms with van der Waals surface area (Å²) in [5, 5.41) is 20.9. The number of non-ortho nitro benzene ring substituents is 1. The Bertz CT molecular complexity index is 481. The summed E-state index contributed by atoms with van der Waals surface area (Å²) in [6, 6.07) is 4.52. The molecule has 0 amide bonds. The molecule has 1 fully saturated rings. The van der Waals surface area contributed by atoms with Gasteiger partial charge in [0.25, 0.3) is 5.69 Å². The minimum absolute atomic E-state index is 0.000973. The zero-order chi connectivity index (χ0) is 14.0. The van der Waals surface area contributed by atoms with E-state index in [9.17, 15) is 15.2 Å². The highest BCUT2D eigenvalue weighted by Crippen LogP contribution is 2.25. The van der Waals surface area contributed by atoms with Crippen molar-refractivity contribution in [2.24, 2.45) is 5.92 Å². The Labute approximate surface area is 116 Å². The van der Waals surface area contributed by atoms with Crippen molar-refractivity contribution in [3.63, 3.8) is 0 Å². The van der Waals surface area contributed by atoms with Gasteiger partial charge in [-0.2, -0.15) is 0 Å². The number of β-amino-alcohol motifs (C(OH)–C–C–N with tert-alkyl or cyclic N) is 1. The lowest BCUT2D eigenvalue weighted by atomic mass is 9.96. The molecular weight excluding hydrogens is 268 g/mol. The van der Waals surface area contributed by atoms with E-state index < -0.39 is 4.92 Å². The molecule has 104 valence electrons. The number of aliphatic hydroxyl groups excluding tert-OH is 1. The Hall–Kier alpha value is -1.17. The smallest absolute Gasteiger partial charge is 0.270 e. The van der Waals surface area contributed by atoms with Crippen LogP contribution in [0.3, 0.4) is 0 Å². The van der Waals surface area contributed by atoms with E-state index >= 15 is 0 Å². The number of halogens is 1. The molecule has 19 heavy (non-hydrogen) atoms. The molecule has 0 bridgehead atoms. The monoisotopic (exact) mass is 284 g/mol. The third-order valence-corrected chi connectivity index (χ3v) is 4.00. The fourth-order valence-corrected chi connectivity index (χ4v) is 2.51. The Morgan fingerprint density at radius 3 is 2.89 bits per heavy atom. The van der Waals surface area contributed by atoms with Crippen molar-refractivity contribution in [1.82, 2.24) is 4.90 Å². The number of nitro benzene ring substituents is 1. The van der Waals surface area contributed by atoms with Gasteiger partial charge in [0.05, 0.1) is 16.0 Å². The molecule has 5 nitrogen and oxygen atoms in total. The third-order valence-electron chi connectivity index (χ3n) is 3.64. The second kappa shape index (κ2) is 5.86. The van der Waals surface area contributed by atoms with Gasteiger partial charge in [0.1, 0.15) is 0 Å². The minimum atomic E-state index is -0.456. The van der Waals surface area contributed by atoms with Crippen molar-refractivity contribution < 1.29 is 10.0 Å². The number of likely N-dealkylation sites (tertiary alicyclic amines) is 1. The van der Waals surface area contributed by atoms with E-state index in [1.807, 2.05) is 6.92 Å². The molecule has 1 heterocycles. The molecule has 1 N–H and O–H groups in total. The number of piperidine rings is 1. The van der Waals surface area contributed by atoms with Gasteiger partial charge in [0.15, 0.2) is 0 Å². The lowest BCUT2D eigenvalue weighted by Crippen LogP contribution is -2.42. The molecule has 0 spiro atoms. The van der Waals surface area contributed by atoms with Crippen LogP contribution >= 0.6 is 11.6 Å². The van der Waals surface area contributed by atoms with Crippen molar-refractivity contribution >= 4 is 17.3 Å². The predicted octanol–water partition coefficient (Wildman–Crippen LogP) is 2.45. The normalized spacial score (nSPS) is 24.4. The molecule has 2 atom stereocenters. The van der Waals surface area contributed by atoms with Crippen molar-refractivity contribution in [3.05, 3.63) is 38.9 Å². The molecule has 2 rings (SSSR count). The molecule has 1 aliphatic heterocycles. The lowest BCUT2D eigenvalue weighted by molar-refractivity contribution is -0.384. The van der Waals surface area contributed by atoms with Crippen LogP contribution in [0.25, 0.3) is 0 Å². The summed E-state index contributed by atoms with van der Waals surface area (Å²) in [5.74, 6) is 0.323. The average molecular weight is 285 g/mol. The standard InChI is InChI=1S/C13H17ClN2O3/c1-9-4-5-15(8-13(9)17)7-10-2-3-11(16(18)19)6-12(10)14/h2-3,6,9,13,17H,4-5,7-8H2,1H3. The van der Waals surface area contributed by atoms with Gasteiger partial charge in [-0.25, -0.2) is 0 Å². The van der Waals surface area contributed by atoms with Gasteiger partial charge in [-0.1, -0.05) is 18.5 Å². The number of nitro groups is 1. The number of benzene rings is 1. The first kappa shape index (κ1) is 14.2. The second-order valence-corrected chi connectivity index (χ2v) is 5.51. The molecule has 1 aliphatic rings. The van der Waals surface area contributed by atoms with E-state index in [0.29, 0.717) is 24.0 Å². The minimum Gasteiger partial charge on any atom is -0.392 e. The van der Waals surface area contributed by atoms with E-state index in [1.54, 1.807) is 6.07 Å². The van der Waals surface area contributed by atoms with Crippen LogP contribution in [0, 0.1) is 16.0 Å². The van der Waals surface area contributed by atoms with Crippen molar-refractivity contribution in [2.45, 2.75) is 26.0 Å². The first-order valence-corrected chi connectivity index (χ1v) is 6.68. The highest BCUT2D eigenvalue weighted by atomic mass is 35.5. The topological polar surface area (TPSA) is 66.6 Å². The lowest BCUT2D eigenvalue weighted by Gasteiger charge is -2.34. The first-order valence-electron chi connectivity index (χ1n) is 6.30. The van der Waals surface area contributed by atoms with Crippen LogP contribution in [0.2, 0.25) is 5.02 Å². The Morgan fingerprint density at radius 1 is 1.58 bits per heavy atom. The average Bonchev–Trinajstić information content (AvgIpc) is 2.36. The SMILES string of the molecule is CC1CCN(Cc2ccc([N+](=O)[O-])cc2Cl)CC1O. The molecule has 2 unspecified atom stereocenters. The second-order valence-electron chi connectivity index (χ2n) is 5.10. The van der Waals surface area contributed by atoms with Crippen LogP contribution in [0.15, 0.2) is 18.2 Å². The van der Waals surface area contributed by atoms with Gasteiger partial charge in [-0.05, 0) is 30.5 Å². The quantitative estimate of drug-likeness (QED) is 0.684. The van der Waals surface area contributed by atoms with Gasteiger partial charge >= 0.3 is 0 Å². The molecule has 1 saturated heterocycles. The van der Waals surface area contributed by atoms with Crippen LogP contribution in [0.5, 0.6) is 0 Å². The van der Waals surface area contributed by atoms with Crippen LogP contribution < -0.4 is 0 Å². The fourth-order valence-electron chi connectivity index (χ4n) is 2.28. The maximum atomic E-state index is 10.6. The van der Waals surface area contributed by atoms with Gasteiger partial charge in [0, 0.05) is 25.2 Å². The van der Waals surface area contributed by atoms with Gasteiger partial charge in [-0.15, -0.1) is 0 Å². The van der Waals surface area contributed by atoms with Crippen molar-refractivity contribution in [3.8, 4) is 0 Å². The summed E-state index contributed by atoms with van der Waals surface area (Å²) in [6.07, 6.45) is 0.636. The van der Waals surface area contributed by atoms with E-state index in [1.165, 1.54) is 12.1 Å². The molecule has 1 aromatic rings. The van der Waals surface area contributed by atoms with E-state index in [0.717, 1.165) is 18.5 Å². The third kappa shape index (κ3) is 3.43. The number of hydrogen-bond donors (Lipinski definition) is 1. The summed E-state index contributed by atoms with van der Waals surface area (Å²) in [4.78, 5) is 12.3. The highest BCUT2D eigenvalue weighted by Gasteiger charge is 2.24. The van der Waals surface area contributed by atoms with Gasteiger partial charge < -0.3 is 5.11 Å². The van der Waals surface area contributed by atoms with Gasteiger partial charge in [-0.3, -0.25) is 15.0 Å². The van der Waals surface area contributed by atoms with E-state index in [-0.39, 0.29) is 11.8 Å². The molecule has 0 aliphatic carbocycles. The molecule has 6 heteroatoms. The number of hydrogen-bond acceptors (Lipinski definition) is 4. The zero-order valence-electron chi connectivity index (χ0n) is 10.8. The van der Waals surface area contributed by atoms with Crippen LogP contribution in [-0.4, -0.2) is 34.1 Å². The predicted molar refractivity (Wildman–Crippen MR) is 73.2 cm³/mol. The Balaban J connectivity index is 2.05. The highest BCUT2D eigenvalue weighted by molar-refractivity contribution is 6.31. The summed E-state index contributed by atoms with van der Waals surface area (Å²) in [6.45, 7) is 4.18. The van der Waals surface area contributed by atoms with E-state index in [4.69, 9.17) is 11.6 Å². The van der Waals surface area contributed by atoms with Crippen molar-refractivity contribution in [1.29, 1.82) is 0 Å². The zero-order valence-corrected chi connectivity index (χ0v) is 11.5. The maximum absolute atomic E-state index is 10.6. The summed E-state index contributed by atoms with van der Waals surface area (Å²) >= 11 is 6.06. The summed E-state index contributed by atoms with van der Waals surface area (Å²) < 4.78 is 0.